The number of hydrogen-bond donors (Lipinski definition) is 0. The summed E-state index contributed by atoms with van der Waals surface area (Å²) in [7, 11) is 0. The van der Waals surface area contributed by atoms with Gasteiger partial charge >= 0.3 is 5.97 Å². The van der Waals surface area contributed by atoms with E-state index < -0.39 is 12.1 Å². The summed E-state index contributed by atoms with van der Waals surface area (Å²) in [6, 6.07) is 1.52. The number of hydrogen-bond acceptors (Lipinski definition) is 3. The summed E-state index contributed by atoms with van der Waals surface area (Å²) in [5.74, 6) is -0.989. The minimum Gasteiger partial charge on any atom is -0.464 e. The fourth-order valence-electron chi connectivity index (χ4n) is 0.809. The Labute approximate surface area is 83.0 Å². The molecule has 5 heteroatoms. The first-order chi connectivity index (χ1) is 6.16. The highest BCUT2D eigenvalue weighted by Gasteiger charge is 2.26. The van der Waals surface area contributed by atoms with Gasteiger partial charge in [-0.25, -0.2) is 9.18 Å². The van der Waals surface area contributed by atoms with Gasteiger partial charge in [0.1, 0.15) is 0 Å². The predicted octanol–water partition coefficient (Wildman–Crippen LogP) is 2.62. The molecule has 0 aliphatic carbocycles. The van der Waals surface area contributed by atoms with Crippen LogP contribution in [-0.4, -0.2) is 12.6 Å². The third-order valence-corrected chi connectivity index (χ3v) is 2.02. The van der Waals surface area contributed by atoms with Gasteiger partial charge in [-0.2, -0.15) is 0 Å². The van der Waals surface area contributed by atoms with Crippen LogP contribution in [0.15, 0.2) is 21.2 Å². The first-order valence-electron chi connectivity index (χ1n) is 3.70. The van der Waals surface area contributed by atoms with Crippen LogP contribution in [0, 0.1) is 0 Å². The fraction of sp³-hybridized carbons (Fsp3) is 0.375. The lowest BCUT2D eigenvalue weighted by Gasteiger charge is -2.04. The maximum atomic E-state index is 13.2. The molecule has 0 aliphatic rings. The largest absolute Gasteiger partial charge is 0.464 e. The summed E-state index contributed by atoms with van der Waals surface area (Å²) in [5, 5.41) is 0. The fourth-order valence-corrected chi connectivity index (χ4v) is 1.21. The molecule has 13 heavy (non-hydrogen) atoms. The van der Waals surface area contributed by atoms with E-state index in [1.807, 2.05) is 0 Å². The molecule has 1 aromatic heterocycles. The molecule has 72 valence electrons. The van der Waals surface area contributed by atoms with Crippen molar-refractivity contribution >= 4 is 21.9 Å². The number of ether oxygens (including phenoxy) is 1. The topological polar surface area (TPSA) is 39.4 Å². The summed E-state index contributed by atoms with van der Waals surface area (Å²) in [6.45, 7) is 1.76. The van der Waals surface area contributed by atoms with Crippen molar-refractivity contribution < 1.29 is 18.3 Å². The molecule has 0 spiro atoms. The summed E-state index contributed by atoms with van der Waals surface area (Å²) in [5.41, 5.74) is 0. The number of esters is 1. The van der Waals surface area contributed by atoms with Crippen LogP contribution in [0.3, 0.4) is 0 Å². The van der Waals surface area contributed by atoms with Gasteiger partial charge in [0.05, 0.1) is 17.3 Å². The lowest BCUT2D eigenvalue weighted by molar-refractivity contribution is -0.150. The molecule has 3 nitrogen and oxygen atoms in total. The number of rotatable bonds is 3. The van der Waals surface area contributed by atoms with Crippen LogP contribution in [-0.2, 0) is 9.53 Å². The molecule has 1 heterocycles. The van der Waals surface area contributed by atoms with Gasteiger partial charge in [0.15, 0.2) is 5.76 Å². The molecule has 0 amide bonds. The minimum atomic E-state index is -1.86. The maximum Gasteiger partial charge on any atom is 0.348 e. The van der Waals surface area contributed by atoms with Gasteiger partial charge in [0, 0.05) is 0 Å². The smallest absolute Gasteiger partial charge is 0.348 e. The molecule has 1 rings (SSSR count). The maximum absolute atomic E-state index is 13.2. The van der Waals surface area contributed by atoms with Crippen molar-refractivity contribution in [1.29, 1.82) is 0 Å². The summed E-state index contributed by atoms with van der Waals surface area (Å²) >= 11 is 3.04. The van der Waals surface area contributed by atoms with Crippen LogP contribution >= 0.6 is 15.9 Å². The molecular formula is C8H8BrFO3. The van der Waals surface area contributed by atoms with Crippen molar-refractivity contribution in [3.8, 4) is 0 Å². The van der Waals surface area contributed by atoms with Gasteiger partial charge in [0.2, 0.25) is 0 Å². The van der Waals surface area contributed by atoms with E-state index in [0.717, 1.165) is 0 Å². The Bertz CT molecular complexity index is 297. The van der Waals surface area contributed by atoms with Crippen LogP contribution in [0.1, 0.15) is 18.9 Å². The van der Waals surface area contributed by atoms with Crippen molar-refractivity contribution in [3.63, 3.8) is 0 Å². The molecule has 0 aromatic carbocycles. The zero-order valence-corrected chi connectivity index (χ0v) is 8.51. The zero-order valence-electron chi connectivity index (χ0n) is 6.92. The average Bonchev–Trinajstić information content (AvgIpc) is 2.50. The molecule has 0 radical (unpaired) electrons. The van der Waals surface area contributed by atoms with E-state index in [1.165, 1.54) is 12.3 Å². The summed E-state index contributed by atoms with van der Waals surface area (Å²) < 4.78 is 22.9. The van der Waals surface area contributed by atoms with E-state index >= 15 is 0 Å². The zero-order chi connectivity index (χ0) is 9.84. The number of carbonyl (C=O) groups is 1. The van der Waals surface area contributed by atoms with E-state index in [0.29, 0.717) is 4.47 Å². The van der Waals surface area contributed by atoms with E-state index in [9.17, 15) is 9.18 Å². The summed E-state index contributed by atoms with van der Waals surface area (Å²) in [4.78, 5) is 10.9. The molecule has 0 aliphatic heterocycles. The Kier molecular flexibility index (Phi) is 3.48. The third kappa shape index (κ3) is 2.30. The van der Waals surface area contributed by atoms with Crippen LogP contribution < -0.4 is 0 Å². The highest BCUT2D eigenvalue weighted by atomic mass is 79.9. The van der Waals surface area contributed by atoms with E-state index in [1.54, 1.807) is 6.92 Å². The number of carbonyl (C=O) groups excluding carboxylic acids is 1. The second-order valence-corrected chi connectivity index (χ2v) is 3.10. The van der Waals surface area contributed by atoms with Crippen LogP contribution in [0.25, 0.3) is 0 Å². The lowest BCUT2D eigenvalue weighted by atomic mass is 10.3. The van der Waals surface area contributed by atoms with Gasteiger partial charge < -0.3 is 9.15 Å². The second kappa shape index (κ2) is 4.41. The van der Waals surface area contributed by atoms with Crippen molar-refractivity contribution in [2.75, 3.05) is 6.61 Å². The molecule has 1 unspecified atom stereocenters. The van der Waals surface area contributed by atoms with Crippen molar-refractivity contribution in [3.05, 3.63) is 22.6 Å². The van der Waals surface area contributed by atoms with Crippen LogP contribution in [0.5, 0.6) is 0 Å². The second-order valence-electron chi connectivity index (χ2n) is 2.25. The molecular weight excluding hydrogens is 243 g/mol. The Morgan fingerprint density at radius 3 is 3.00 bits per heavy atom. The number of furan rings is 1. The standard InChI is InChI=1S/C8H8BrFO3/c1-2-12-8(11)6(10)7-5(9)3-4-13-7/h3-4,6H,2H2,1H3. The minimum absolute atomic E-state index is 0.0570. The first-order valence-corrected chi connectivity index (χ1v) is 4.49. The summed E-state index contributed by atoms with van der Waals surface area (Å²) in [6.07, 6.45) is -0.560. The average molecular weight is 251 g/mol. The Morgan fingerprint density at radius 2 is 2.54 bits per heavy atom. The molecule has 0 bridgehead atoms. The highest BCUT2D eigenvalue weighted by Crippen LogP contribution is 2.27. The van der Waals surface area contributed by atoms with Crippen LogP contribution in [0.2, 0.25) is 0 Å². The molecule has 0 N–H and O–H groups in total. The van der Waals surface area contributed by atoms with Crippen LogP contribution in [0.4, 0.5) is 4.39 Å². The molecule has 0 saturated heterocycles. The molecule has 0 fully saturated rings. The van der Waals surface area contributed by atoms with E-state index in [4.69, 9.17) is 4.42 Å². The monoisotopic (exact) mass is 250 g/mol. The van der Waals surface area contributed by atoms with Crippen molar-refractivity contribution in [2.24, 2.45) is 0 Å². The predicted molar refractivity (Wildman–Crippen MR) is 46.9 cm³/mol. The Balaban J connectivity index is 2.73. The third-order valence-electron chi connectivity index (χ3n) is 1.37. The van der Waals surface area contributed by atoms with Gasteiger partial charge in [-0.05, 0) is 28.9 Å². The Hall–Kier alpha value is -0.840. The van der Waals surface area contributed by atoms with Gasteiger partial charge in [-0.15, -0.1) is 0 Å². The van der Waals surface area contributed by atoms with Gasteiger partial charge in [-0.3, -0.25) is 0 Å². The van der Waals surface area contributed by atoms with Gasteiger partial charge in [-0.1, -0.05) is 0 Å². The van der Waals surface area contributed by atoms with E-state index in [-0.39, 0.29) is 12.4 Å². The van der Waals surface area contributed by atoms with Gasteiger partial charge in [0.25, 0.3) is 6.17 Å². The van der Waals surface area contributed by atoms with E-state index in [2.05, 4.69) is 20.7 Å². The molecule has 0 saturated carbocycles. The quantitative estimate of drug-likeness (QED) is 0.775. The SMILES string of the molecule is CCOC(=O)C(F)c1occc1Br. The first kappa shape index (κ1) is 10.2. The number of alkyl halides is 1. The van der Waals surface area contributed by atoms with Crippen molar-refractivity contribution in [1.82, 2.24) is 0 Å². The molecule has 1 aromatic rings. The molecule has 1 atom stereocenters. The normalized spacial score (nSPS) is 12.5. The lowest BCUT2D eigenvalue weighted by Crippen LogP contribution is -2.11. The highest BCUT2D eigenvalue weighted by molar-refractivity contribution is 9.10. The Morgan fingerprint density at radius 1 is 1.85 bits per heavy atom. The van der Waals surface area contributed by atoms with Crippen molar-refractivity contribution in [2.45, 2.75) is 13.1 Å². The number of halogens is 2.